The van der Waals surface area contributed by atoms with E-state index in [-0.39, 0.29) is 12.0 Å². The number of hydrogen-bond acceptors (Lipinski definition) is 4. The summed E-state index contributed by atoms with van der Waals surface area (Å²) in [5, 5.41) is 6.10. The lowest BCUT2D eigenvalue weighted by atomic mass is 10.3. The number of nitrogens with zero attached hydrogens (tertiary/aromatic N) is 2. The number of halogens is 3. The molecule has 0 aromatic carbocycles. The molecule has 0 radical (unpaired) electrons. The van der Waals surface area contributed by atoms with Crippen LogP contribution in [0.15, 0.2) is 12.4 Å². The standard InChI is InChI=1S/C9H11F3N4/c10-9(11,12)6-3-14-8(15-4-6)16-7-1-2-13-5-7/h3-4,7,13H,1-2,5H2,(H,14,15,16)/t7-/m1/s1. The number of rotatable bonds is 2. The Hall–Kier alpha value is -1.37. The van der Waals surface area contributed by atoms with Crippen LogP contribution in [-0.2, 0) is 6.18 Å². The Labute approximate surface area is 90.3 Å². The van der Waals surface area contributed by atoms with E-state index in [1.165, 1.54) is 0 Å². The molecule has 0 saturated carbocycles. The van der Waals surface area contributed by atoms with Gasteiger partial charge in [0.1, 0.15) is 0 Å². The third-order valence-corrected chi connectivity index (χ3v) is 2.37. The molecule has 2 rings (SSSR count). The fourth-order valence-corrected chi connectivity index (χ4v) is 1.51. The summed E-state index contributed by atoms with van der Waals surface area (Å²) in [6.45, 7) is 1.68. The molecule has 0 spiro atoms. The molecular weight excluding hydrogens is 221 g/mol. The summed E-state index contributed by atoms with van der Waals surface area (Å²) in [6, 6.07) is 0.191. The van der Waals surface area contributed by atoms with Gasteiger partial charge in [0.05, 0.1) is 5.56 Å². The lowest BCUT2D eigenvalue weighted by Crippen LogP contribution is -2.23. The highest BCUT2D eigenvalue weighted by Gasteiger charge is 2.31. The zero-order valence-corrected chi connectivity index (χ0v) is 8.38. The van der Waals surface area contributed by atoms with Crippen LogP contribution in [-0.4, -0.2) is 29.1 Å². The molecule has 1 aliphatic rings. The van der Waals surface area contributed by atoms with Gasteiger partial charge in [-0.15, -0.1) is 0 Å². The van der Waals surface area contributed by atoms with Gasteiger partial charge in [0.2, 0.25) is 5.95 Å². The molecule has 4 nitrogen and oxygen atoms in total. The minimum atomic E-state index is -4.38. The van der Waals surface area contributed by atoms with Crippen LogP contribution in [0.2, 0.25) is 0 Å². The van der Waals surface area contributed by atoms with Crippen molar-refractivity contribution in [3.05, 3.63) is 18.0 Å². The smallest absolute Gasteiger partial charge is 0.350 e. The first-order valence-corrected chi connectivity index (χ1v) is 4.92. The molecule has 2 N–H and O–H groups in total. The van der Waals surface area contributed by atoms with E-state index in [0.717, 1.165) is 31.9 Å². The van der Waals surface area contributed by atoms with Crippen molar-refractivity contribution in [3.8, 4) is 0 Å². The van der Waals surface area contributed by atoms with E-state index in [1.807, 2.05) is 0 Å². The van der Waals surface area contributed by atoms with E-state index in [2.05, 4.69) is 20.6 Å². The average molecular weight is 232 g/mol. The van der Waals surface area contributed by atoms with Gasteiger partial charge in [-0.25, -0.2) is 9.97 Å². The van der Waals surface area contributed by atoms with Crippen LogP contribution in [0.5, 0.6) is 0 Å². The predicted octanol–water partition coefficient (Wildman–Crippen LogP) is 1.27. The van der Waals surface area contributed by atoms with Crippen LogP contribution in [0.4, 0.5) is 19.1 Å². The van der Waals surface area contributed by atoms with Crippen LogP contribution < -0.4 is 10.6 Å². The van der Waals surface area contributed by atoms with Gasteiger partial charge in [-0.2, -0.15) is 13.2 Å². The maximum atomic E-state index is 12.2. The van der Waals surface area contributed by atoms with Crippen molar-refractivity contribution in [1.29, 1.82) is 0 Å². The van der Waals surface area contributed by atoms with Crippen molar-refractivity contribution < 1.29 is 13.2 Å². The minimum Gasteiger partial charge on any atom is -0.350 e. The second-order valence-electron chi connectivity index (χ2n) is 3.63. The lowest BCUT2D eigenvalue weighted by molar-refractivity contribution is -0.138. The average Bonchev–Trinajstić information content (AvgIpc) is 2.70. The molecule has 16 heavy (non-hydrogen) atoms. The number of nitrogens with one attached hydrogen (secondary N) is 2. The largest absolute Gasteiger partial charge is 0.419 e. The van der Waals surface area contributed by atoms with Gasteiger partial charge in [-0.1, -0.05) is 0 Å². The molecular formula is C9H11F3N4. The van der Waals surface area contributed by atoms with Crippen molar-refractivity contribution in [1.82, 2.24) is 15.3 Å². The Morgan fingerprint density at radius 2 is 2.00 bits per heavy atom. The first kappa shape index (κ1) is 11.1. The van der Waals surface area contributed by atoms with Crippen molar-refractivity contribution >= 4 is 5.95 Å². The summed E-state index contributed by atoms with van der Waals surface area (Å²) < 4.78 is 36.6. The van der Waals surface area contributed by atoms with Crippen molar-refractivity contribution in [2.45, 2.75) is 18.6 Å². The van der Waals surface area contributed by atoms with Gasteiger partial charge >= 0.3 is 6.18 Å². The molecule has 0 unspecified atom stereocenters. The minimum absolute atomic E-state index is 0.191. The molecule has 1 saturated heterocycles. The molecule has 1 aromatic rings. The van der Waals surface area contributed by atoms with Gasteiger partial charge < -0.3 is 10.6 Å². The quantitative estimate of drug-likeness (QED) is 0.806. The Bertz CT molecular complexity index is 343. The molecule has 88 valence electrons. The Morgan fingerprint density at radius 3 is 2.50 bits per heavy atom. The van der Waals surface area contributed by atoms with E-state index < -0.39 is 11.7 Å². The van der Waals surface area contributed by atoms with Crippen molar-refractivity contribution in [2.75, 3.05) is 18.4 Å². The van der Waals surface area contributed by atoms with Crippen LogP contribution in [0.3, 0.4) is 0 Å². The second kappa shape index (κ2) is 4.25. The summed E-state index contributed by atoms with van der Waals surface area (Å²) in [5.41, 5.74) is -0.831. The Morgan fingerprint density at radius 1 is 1.31 bits per heavy atom. The zero-order valence-electron chi connectivity index (χ0n) is 8.38. The maximum Gasteiger partial charge on any atom is 0.419 e. The fraction of sp³-hybridized carbons (Fsp3) is 0.556. The molecule has 0 amide bonds. The fourth-order valence-electron chi connectivity index (χ4n) is 1.51. The highest BCUT2D eigenvalue weighted by Crippen LogP contribution is 2.28. The van der Waals surface area contributed by atoms with Gasteiger partial charge in [-0.05, 0) is 13.0 Å². The Kier molecular flexibility index (Phi) is 2.95. The molecule has 1 aromatic heterocycles. The highest BCUT2D eigenvalue weighted by molar-refractivity contribution is 5.27. The highest BCUT2D eigenvalue weighted by atomic mass is 19.4. The molecule has 1 aliphatic heterocycles. The van der Waals surface area contributed by atoms with Gasteiger partial charge in [0.15, 0.2) is 0 Å². The predicted molar refractivity (Wildman–Crippen MR) is 51.9 cm³/mol. The molecule has 1 atom stereocenters. The molecule has 0 aliphatic carbocycles. The third kappa shape index (κ3) is 2.60. The van der Waals surface area contributed by atoms with Crippen molar-refractivity contribution in [2.24, 2.45) is 0 Å². The van der Waals surface area contributed by atoms with Gasteiger partial charge in [0, 0.05) is 25.0 Å². The van der Waals surface area contributed by atoms with Crippen LogP contribution in [0, 0.1) is 0 Å². The topological polar surface area (TPSA) is 49.8 Å². The van der Waals surface area contributed by atoms with Crippen LogP contribution in [0.25, 0.3) is 0 Å². The summed E-state index contributed by atoms with van der Waals surface area (Å²) in [4.78, 5) is 7.28. The third-order valence-electron chi connectivity index (χ3n) is 2.37. The van der Waals surface area contributed by atoms with Crippen molar-refractivity contribution in [3.63, 3.8) is 0 Å². The van der Waals surface area contributed by atoms with E-state index in [0.29, 0.717) is 0 Å². The number of anilines is 1. The molecule has 1 fully saturated rings. The van der Waals surface area contributed by atoms with Gasteiger partial charge in [0.25, 0.3) is 0 Å². The van der Waals surface area contributed by atoms with E-state index in [4.69, 9.17) is 0 Å². The molecule has 0 bridgehead atoms. The zero-order chi connectivity index (χ0) is 11.6. The van der Waals surface area contributed by atoms with Crippen LogP contribution in [0.1, 0.15) is 12.0 Å². The van der Waals surface area contributed by atoms with E-state index in [1.54, 1.807) is 0 Å². The summed E-state index contributed by atoms with van der Waals surface area (Å²) in [7, 11) is 0. The number of hydrogen-bond donors (Lipinski definition) is 2. The summed E-state index contributed by atoms with van der Waals surface area (Å²) in [5.74, 6) is 0.238. The second-order valence-corrected chi connectivity index (χ2v) is 3.63. The first-order chi connectivity index (χ1) is 7.55. The SMILES string of the molecule is FC(F)(F)c1cnc(N[C@@H]2CCNC2)nc1. The van der Waals surface area contributed by atoms with Crippen LogP contribution >= 0.6 is 0 Å². The monoisotopic (exact) mass is 232 g/mol. The summed E-state index contributed by atoms with van der Waals surface area (Å²) >= 11 is 0. The molecule has 7 heteroatoms. The first-order valence-electron chi connectivity index (χ1n) is 4.92. The number of aromatic nitrogens is 2. The number of alkyl halides is 3. The van der Waals surface area contributed by atoms with Gasteiger partial charge in [-0.3, -0.25) is 0 Å². The van der Waals surface area contributed by atoms with E-state index in [9.17, 15) is 13.2 Å². The maximum absolute atomic E-state index is 12.2. The van der Waals surface area contributed by atoms with E-state index >= 15 is 0 Å². The lowest BCUT2D eigenvalue weighted by Gasteiger charge is -2.11. The summed E-state index contributed by atoms with van der Waals surface area (Å²) in [6.07, 6.45) is -1.88. The Balaban J connectivity index is 2.01. The molecule has 2 heterocycles. The normalized spacial score (nSPS) is 21.1.